The van der Waals surface area contributed by atoms with E-state index in [0.717, 1.165) is 18.4 Å². The number of Topliss-reactive ketones (excluding diaryl/α,β-unsaturated/α-hetero) is 1. The van der Waals surface area contributed by atoms with E-state index >= 15 is 0 Å². The third kappa shape index (κ3) is 2.95. The minimum Gasteiger partial charge on any atom is -0.300 e. The Kier molecular flexibility index (Phi) is 3.19. The average Bonchev–Trinajstić information content (AvgIpc) is 2.30. The summed E-state index contributed by atoms with van der Waals surface area (Å²) in [6, 6.07) is 10.0. The highest BCUT2D eigenvalue weighted by atomic mass is 16.1. The molecule has 1 aliphatic rings. The van der Waals surface area contributed by atoms with Crippen LogP contribution in [0, 0.1) is 17.8 Å². The topological polar surface area (TPSA) is 17.1 Å². The van der Waals surface area contributed by atoms with Crippen molar-refractivity contribution < 1.29 is 4.79 Å². The molecule has 1 saturated carbocycles. The number of carbonyl (C=O) groups is 1. The Morgan fingerprint density at radius 2 is 1.73 bits per heavy atom. The van der Waals surface area contributed by atoms with E-state index in [1.54, 1.807) is 0 Å². The largest absolute Gasteiger partial charge is 0.300 e. The van der Waals surface area contributed by atoms with Crippen LogP contribution in [0.15, 0.2) is 30.3 Å². The molecule has 1 aromatic carbocycles. The lowest BCUT2D eigenvalue weighted by Gasteiger charge is -2.14. The second-order valence-corrected chi connectivity index (χ2v) is 3.95. The predicted octanol–water partition coefficient (Wildman–Crippen LogP) is 2.80. The van der Waals surface area contributed by atoms with Crippen molar-refractivity contribution in [3.05, 3.63) is 35.9 Å². The van der Waals surface area contributed by atoms with Gasteiger partial charge in [0.05, 0.1) is 0 Å². The highest BCUT2D eigenvalue weighted by Gasteiger charge is 2.16. The van der Waals surface area contributed by atoms with E-state index < -0.39 is 0 Å². The smallest absolute Gasteiger partial charge is 0.133 e. The van der Waals surface area contributed by atoms with Crippen molar-refractivity contribution in [2.24, 2.45) is 5.92 Å². The molecule has 0 radical (unpaired) electrons. The van der Waals surface area contributed by atoms with E-state index in [2.05, 4.69) is 11.8 Å². The normalized spacial score (nSPS) is 16.9. The van der Waals surface area contributed by atoms with Crippen molar-refractivity contribution in [2.45, 2.75) is 25.7 Å². The standard InChI is InChI=1S/C14H14O/c15-14-10-8-13(9-11-14)7-6-12-4-2-1-3-5-12/h1-5,13H,8-11H2. The molecule has 0 amide bonds. The summed E-state index contributed by atoms with van der Waals surface area (Å²) in [7, 11) is 0. The molecule has 0 aromatic heterocycles. The first-order chi connectivity index (χ1) is 7.34. The van der Waals surface area contributed by atoms with Crippen molar-refractivity contribution in [3.63, 3.8) is 0 Å². The molecule has 0 heterocycles. The quantitative estimate of drug-likeness (QED) is 0.586. The van der Waals surface area contributed by atoms with E-state index in [9.17, 15) is 4.79 Å². The van der Waals surface area contributed by atoms with Crippen molar-refractivity contribution in [1.82, 2.24) is 0 Å². The van der Waals surface area contributed by atoms with Crippen LogP contribution in [-0.2, 0) is 4.79 Å². The van der Waals surface area contributed by atoms with E-state index in [1.165, 1.54) is 0 Å². The lowest BCUT2D eigenvalue weighted by atomic mass is 9.89. The van der Waals surface area contributed by atoms with Gasteiger partial charge in [0.15, 0.2) is 0 Å². The van der Waals surface area contributed by atoms with Crippen LogP contribution in [0.4, 0.5) is 0 Å². The molecule has 0 unspecified atom stereocenters. The first-order valence-corrected chi connectivity index (χ1v) is 5.43. The minimum atomic E-state index is 0.396. The summed E-state index contributed by atoms with van der Waals surface area (Å²) in [5.41, 5.74) is 1.06. The lowest BCUT2D eigenvalue weighted by Crippen LogP contribution is -2.12. The number of hydrogen-bond acceptors (Lipinski definition) is 1. The maximum absolute atomic E-state index is 11.0. The second kappa shape index (κ2) is 4.79. The van der Waals surface area contributed by atoms with E-state index in [1.807, 2.05) is 30.3 Å². The van der Waals surface area contributed by atoms with Crippen molar-refractivity contribution in [3.8, 4) is 11.8 Å². The Labute approximate surface area is 90.5 Å². The Morgan fingerprint density at radius 3 is 2.40 bits per heavy atom. The van der Waals surface area contributed by atoms with Crippen LogP contribution < -0.4 is 0 Å². The van der Waals surface area contributed by atoms with Crippen LogP contribution in [0.25, 0.3) is 0 Å². The van der Waals surface area contributed by atoms with Gasteiger partial charge in [0, 0.05) is 24.3 Å². The molecule has 1 nitrogen and oxygen atoms in total. The molecule has 0 N–H and O–H groups in total. The summed E-state index contributed by atoms with van der Waals surface area (Å²) >= 11 is 0. The van der Waals surface area contributed by atoms with Crippen LogP contribution in [0.5, 0.6) is 0 Å². The fraction of sp³-hybridized carbons (Fsp3) is 0.357. The molecular formula is C14H14O. The zero-order valence-corrected chi connectivity index (χ0v) is 8.70. The number of hydrogen-bond donors (Lipinski definition) is 0. The van der Waals surface area contributed by atoms with Gasteiger partial charge in [0.25, 0.3) is 0 Å². The van der Waals surface area contributed by atoms with Crippen molar-refractivity contribution in [2.75, 3.05) is 0 Å². The summed E-state index contributed by atoms with van der Waals surface area (Å²) in [4.78, 5) is 11.0. The van der Waals surface area contributed by atoms with Crippen LogP contribution in [-0.4, -0.2) is 5.78 Å². The van der Waals surface area contributed by atoms with Crippen LogP contribution in [0.1, 0.15) is 31.2 Å². The molecule has 1 fully saturated rings. The maximum atomic E-state index is 11.0. The average molecular weight is 198 g/mol. The first kappa shape index (κ1) is 9.98. The van der Waals surface area contributed by atoms with Gasteiger partial charge in [-0.3, -0.25) is 4.79 Å². The summed E-state index contributed by atoms with van der Waals surface area (Å²) in [5.74, 6) is 7.24. The molecule has 1 heteroatoms. The third-order valence-electron chi connectivity index (χ3n) is 2.74. The SMILES string of the molecule is O=C1CCC(C#Cc2ccccc2)CC1. The van der Waals surface area contributed by atoms with Crippen molar-refractivity contribution >= 4 is 5.78 Å². The molecule has 0 saturated heterocycles. The first-order valence-electron chi connectivity index (χ1n) is 5.43. The number of rotatable bonds is 0. The van der Waals surface area contributed by atoms with Crippen LogP contribution in [0.2, 0.25) is 0 Å². The zero-order valence-electron chi connectivity index (χ0n) is 8.70. The minimum absolute atomic E-state index is 0.396. The Hall–Kier alpha value is -1.55. The molecule has 0 spiro atoms. The number of benzene rings is 1. The molecule has 15 heavy (non-hydrogen) atoms. The van der Waals surface area contributed by atoms with Gasteiger partial charge >= 0.3 is 0 Å². The lowest BCUT2D eigenvalue weighted by molar-refractivity contribution is -0.120. The molecule has 76 valence electrons. The molecule has 2 rings (SSSR count). The maximum Gasteiger partial charge on any atom is 0.133 e. The second-order valence-electron chi connectivity index (χ2n) is 3.95. The molecule has 0 bridgehead atoms. The molecule has 0 aliphatic heterocycles. The predicted molar refractivity (Wildman–Crippen MR) is 60.3 cm³/mol. The van der Waals surface area contributed by atoms with E-state index in [0.29, 0.717) is 24.5 Å². The third-order valence-corrected chi connectivity index (χ3v) is 2.74. The molecular weight excluding hydrogens is 184 g/mol. The summed E-state index contributed by atoms with van der Waals surface area (Å²) < 4.78 is 0. The summed E-state index contributed by atoms with van der Waals surface area (Å²) in [6.45, 7) is 0. The Morgan fingerprint density at radius 1 is 1.07 bits per heavy atom. The van der Waals surface area contributed by atoms with Gasteiger partial charge in [0.2, 0.25) is 0 Å². The zero-order chi connectivity index (χ0) is 10.5. The van der Waals surface area contributed by atoms with Gasteiger partial charge in [-0.2, -0.15) is 0 Å². The van der Waals surface area contributed by atoms with E-state index in [4.69, 9.17) is 0 Å². The monoisotopic (exact) mass is 198 g/mol. The molecule has 1 aliphatic carbocycles. The van der Waals surface area contributed by atoms with Gasteiger partial charge in [-0.15, -0.1) is 0 Å². The van der Waals surface area contributed by atoms with Gasteiger partial charge < -0.3 is 0 Å². The summed E-state index contributed by atoms with van der Waals surface area (Å²) in [6.07, 6.45) is 3.32. The molecule has 0 atom stereocenters. The fourth-order valence-corrected chi connectivity index (χ4v) is 1.79. The summed E-state index contributed by atoms with van der Waals surface area (Å²) in [5, 5.41) is 0. The highest BCUT2D eigenvalue weighted by Crippen LogP contribution is 2.20. The molecule has 1 aromatic rings. The van der Waals surface area contributed by atoms with Crippen LogP contribution in [0.3, 0.4) is 0 Å². The van der Waals surface area contributed by atoms with Crippen LogP contribution >= 0.6 is 0 Å². The fourth-order valence-electron chi connectivity index (χ4n) is 1.79. The van der Waals surface area contributed by atoms with Crippen molar-refractivity contribution in [1.29, 1.82) is 0 Å². The highest BCUT2D eigenvalue weighted by molar-refractivity contribution is 5.79. The number of carbonyl (C=O) groups excluding carboxylic acids is 1. The van der Waals surface area contributed by atoms with E-state index in [-0.39, 0.29) is 0 Å². The van der Waals surface area contributed by atoms with Gasteiger partial charge in [-0.1, -0.05) is 30.0 Å². The Balaban J connectivity index is 1.97. The number of ketones is 1. The van der Waals surface area contributed by atoms with Gasteiger partial charge in [0.1, 0.15) is 5.78 Å². The van der Waals surface area contributed by atoms with Gasteiger partial charge in [-0.05, 0) is 25.0 Å². The Bertz CT molecular complexity index is 384. The van der Waals surface area contributed by atoms with Gasteiger partial charge in [-0.25, -0.2) is 0 Å².